The molecule has 2 atom stereocenters. The lowest BCUT2D eigenvalue weighted by atomic mass is 9.89. The second kappa shape index (κ2) is 11.2. The Labute approximate surface area is 189 Å². The summed E-state index contributed by atoms with van der Waals surface area (Å²) in [5.41, 5.74) is 0.788. The van der Waals surface area contributed by atoms with Gasteiger partial charge in [0.2, 0.25) is 5.91 Å². The van der Waals surface area contributed by atoms with Gasteiger partial charge in [-0.25, -0.2) is 0 Å². The van der Waals surface area contributed by atoms with Gasteiger partial charge in [0, 0.05) is 31.1 Å². The molecule has 8 heteroatoms. The topological polar surface area (TPSA) is 79.9 Å². The maximum Gasteiger partial charge on any atom is 0.255 e. The SMILES string of the molecule is CCCCCCN1C2COCC1CC(NC(=O)c1cc(Cl)c(NC(C)=O)cc1OC)C2. The van der Waals surface area contributed by atoms with Crippen molar-refractivity contribution in [3.05, 3.63) is 22.7 Å². The average molecular weight is 452 g/mol. The highest BCUT2D eigenvalue weighted by atomic mass is 35.5. The molecule has 0 spiro atoms. The Morgan fingerprint density at radius 1 is 1.19 bits per heavy atom. The van der Waals surface area contributed by atoms with Crippen molar-refractivity contribution in [2.24, 2.45) is 0 Å². The van der Waals surface area contributed by atoms with E-state index in [4.69, 9.17) is 21.1 Å². The summed E-state index contributed by atoms with van der Waals surface area (Å²) >= 11 is 6.28. The maximum atomic E-state index is 13.0. The fraction of sp³-hybridized carbons (Fsp3) is 0.652. The predicted octanol–water partition coefficient (Wildman–Crippen LogP) is 3.85. The molecule has 172 valence electrons. The first-order chi connectivity index (χ1) is 14.9. The summed E-state index contributed by atoms with van der Waals surface area (Å²) in [5, 5.41) is 6.12. The third-order valence-corrected chi connectivity index (χ3v) is 6.43. The monoisotopic (exact) mass is 451 g/mol. The molecule has 2 unspecified atom stereocenters. The summed E-state index contributed by atoms with van der Waals surface area (Å²) in [4.78, 5) is 27.0. The van der Waals surface area contributed by atoms with Crippen LogP contribution >= 0.6 is 11.6 Å². The third-order valence-electron chi connectivity index (χ3n) is 6.12. The van der Waals surface area contributed by atoms with E-state index in [0.717, 1.165) is 32.6 Å². The number of fused-ring (bicyclic) bond motifs is 2. The normalized spacial score (nSPS) is 23.3. The molecule has 1 aromatic carbocycles. The van der Waals surface area contributed by atoms with Crippen LogP contribution in [0.5, 0.6) is 5.75 Å². The Kier molecular flexibility index (Phi) is 8.58. The molecule has 0 radical (unpaired) electrons. The van der Waals surface area contributed by atoms with Gasteiger partial charge in [0.15, 0.2) is 0 Å². The molecule has 2 fully saturated rings. The van der Waals surface area contributed by atoms with Gasteiger partial charge in [0.05, 0.1) is 36.6 Å². The molecule has 0 aromatic heterocycles. The third kappa shape index (κ3) is 6.11. The fourth-order valence-corrected chi connectivity index (χ4v) is 4.85. The summed E-state index contributed by atoms with van der Waals surface area (Å²) in [6.07, 6.45) is 6.75. The number of benzene rings is 1. The van der Waals surface area contributed by atoms with E-state index in [-0.39, 0.29) is 17.9 Å². The van der Waals surface area contributed by atoms with Gasteiger partial charge in [0.1, 0.15) is 5.75 Å². The molecule has 7 nitrogen and oxygen atoms in total. The number of hydrogen-bond donors (Lipinski definition) is 2. The number of carbonyl (C=O) groups is 2. The number of ether oxygens (including phenoxy) is 2. The van der Waals surface area contributed by atoms with Crippen LogP contribution in [0.2, 0.25) is 5.02 Å². The van der Waals surface area contributed by atoms with Gasteiger partial charge in [0.25, 0.3) is 5.91 Å². The predicted molar refractivity (Wildman–Crippen MR) is 122 cm³/mol. The zero-order valence-electron chi connectivity index (χ0n) is 18.7. The number of halogens is 1. The van der Waals surface area contributed by atoms with Crippen molar-refractivity contribution < 1.29 is 19.1 Å². The van der Waals surface area contributed by atoms with Crippen molar-refractivity contribution in [2.45, 2.75) is 70.5 Å². The molecular formula is C23H34ClN3O4. The Hall–Kier alpha value is -1.83. The summed E-state index contributed by atoms with van der Waals surface area (Å²) in [5.74, 6) is -0.0765. The van der Waals surface area contributed by atoms with Gasteiger partial charge in [-0.2, -0.15) is 0 Å². The number of rotatable bonds is 9. The molecular weight excluding hydrogens is 418 g/mol. The van der Waals surface area contributed by atoms with Crippen molar-refractivity contribution >= 4 is 29.1 Å². The minimum Gasteiger partial charge on any atom is -0.496 e. The molecule has 2 amide bonds. The number of morpholine rings is 1. The van der Waals surface area contributed by atoms with Crippen LogP contribution in [0.4, 0.5) is 5.69 Å². The van der Waals surface area contributed by atoms with Gasteiger partial charge < -0.3 is 20.1 Å². The zero-order chi connectivity index (χ0) is 22.4. The fourth-order valence-electron chi connectivity index (χ4n) is 4.64. The summed E-state index contributed by atoms with van der Waals surface area (Å²) in [7, 11) is 1.50. The molecule has 1 aromatic rings. The first-order valence-corrected chi connectivity index (χ1v) is 11.6. The van der Waals surface area contributed by atoms with E-state index in [1.807, 2.05) is 0 Å². The number of unbranched alkanes of at least 4 members (excludes halogenated alkanes) is 3. The number of nitrogens with one attached hydrogen (secondary N) is 2. The molecule has 31 heavy (non-hydrogen) atoms. The molecule has 2 bridgehead atoms. The van der Waals surface area contributed by atoms with E-state index in [0.29, 0.717) is 34.1 Å². The molecule has 2 N–H and O–H groups in total. The second-order valence-corrected chi connectivity index (χ2v) is 8.91. The summed E-state index contributed by atoms with van der Waals surface area (Å²) < 4.78 is 11.2. The smallest absolute Gasteiger partial charge is 0.255 e. The van der Waals surface area contributed by atoms with Crippen LogP contribution in [0.3, 0.4) is 0 Å². The molecule has 2 saturated heterocycles. The molecule has 3 rings (SSSR count). The summed E-state index contributed by atoms with van der Waals surface area (Å²) in [6.45, 7) is 6.17. The zero-order valence-corrected chi connectivity index (χ0v) is 19.5. The van der Waals surface area contributed by atoms with E-state index in [1.54, 1.807) is 12.1 Å². The molecule has 2 aliphatic rings. The van der Waals surface area contributed by atoms with Crippen LogP contribution in [0.1, 0.15) is 62.7 Å². The average Bonchev–Trinajstić information content (AvgIpc) is 2.72. The Morgan fingerprint density at radius 3 is 2.52 bits per heavy atom. The quantitative estimate of drug-likeness (QED) is 0.557. The number of nitrogens with zero attached hydrogens (tertiary/aromatic N) is 1. The summed E-state index contributed by atoms with van der Waals surface area (Å²) in [6, 6.07) is 3.89. The van der Waals surface area contributed by atoms with Crippen molar-refractivity contribution in [3.63, 3.8) is 0 Å². The molecule has 0 aliphatic carbocycles. The van der Waals surface area contributed by atoms with Gasteiger partial charge in [-0.05, 0) is 31.9 Å². The number of methoxy groups -OCH3 is 1. The highest BCUT2D eigenvalue weighted by Gasteiger charge is 2.39. The van der Waals surface area contributed by atoms with E-state index in [2.05, 4.69) is 22.5 Å². The Morgan fingerprint density at radius 2 is 1.90 bits per heavy atom. The van der Waals surface area contributed by atoms with Gasteiger partial charge >= 0.3 is 0 Å². The van der Waals surface area contributed by atoms with Crippen LogP contribution in [0, 0.1) is 0 Å². The number of carbonyl (C=O) groups excluding carboxylic acids is 2. The van der Waals surface area contributed by atoms with E-state index in [1.165, 1.54) is 39.7 Å². The number of amides is 2. The van der Waals surface area contributed by atoms with Crippen LogP contribution in [-0.2, 0) is 9.53 Å². The second-order valence-electron chi connectivity index (χ2n) is 8.50. The van der Waals surface area contributed by atoms with Crippen molar-refractivity contribution in [3.8, 4) is 5.75 Å². The number of hydrogen-bond acceptors (Lipinski definition) is 5. The van der Waals surface area contributed by atoms with Gasteiger partial charge in [-0.15, -0.1) is 0 Å². The Bertz CT molecular complexity index is 774. The van der Waals surface area contributed by atoms with Gasteiger partial charge in [-0.1, -0.05) is 37.8 Å². The molecule has 2 aliphatic heterocycles. The van der Waals surface area contributed by atoms with E-state index < -0.39 is 0 Å². The van der Waals surface area contributed by atoms with E-state index >= 15 is 0 Å². The first-order valence-electron chi connectivity index (χ1n) is 11.2. The lowest BCUT2D eigenvalue weighted by Crippen LogP contribution is -2.60. The van der Waals surface area contributed by atoms with Crippen LogP contribution in [-0.4, -0.2) is 61.7 Å². The van der Waals surface area contributed by atoms with Crippen LogP contribution < -0.4 is 15.4 Å². The largest absolute Gasteiger partial charge is 0.496 e. The minimum atomic E-state index is -0.239. The first kappa shape index (κ1) is 23.8. The molecule has 0 saturated carbocycles. The van der Waals surface area contributed by atoms with Crippen molar-refractivity contribution in [2.75, 3.05) is 32.2 Å². The van der Waals surface area contributed by atoms with Crippen LogP contribution in [0.15, 0.2) is 12.1 Å². The number of piperidine rings is 1. The minimum absolute atomic E-state index is 0.0804. The number of anilines is 1. The lowest BCUT2D eigenvalue weighted by Gasteiger charge is -2.48. The van der Waals surface area contributed by atoms with Crippen molar-refractivity contribution in [1.29, 1.82) is 0 Å². The lowest BCUT2D eigenvalue weighted by molar-refractivity contribution is -0.114. The maximum absolute atomic E-state index is 13.0. The van der Waals surface area contributed by atoms with Crippen LogP contribution in [0.25, 0.3) is 0 Å². The highest BCUT2D eigenvalue weighted by molar-refractivity contribution is 6.34. The molecule has 2 heterocycles. The van der Waals surface area contributed by atoms with Gasteiger partial charge in [-0.3, -0.25) is 14.5 Å². The van der Waals surface area contributed by atoms with E-state index in [9.17, 15) is 9.59 Å². The highest BCUT2D eigenvalue weighted by Crippen LogP contribution is 2.32. The Balaban J connectivity index is 1.65. The standard InChI is InChI=1S/C23H34ClN3O4/c1-4-5-6-7-8-27-17-9-16(10-18(27)14-31-13-17)26-23(29)19-11-20(24)21(25-15(2)28)12-22(19)30-3/h11-12,16-18H,4-10,13-14H2,1-3H3,(H,25,28)(H,26,29). The van der Waals surface area contributed by atoms with Crippen molar-refractivity contribution in [1.82, 2.24) is 10.2 Å².